The summed E-state index contributed by atoms with van der Waals surface area (Å²) in [6.45, 7) is 7.65. The smallest absolute Gasteiger partial charge is 0.330 e. The highest BCUT2D eigenvalue weighted by atomic mass is 16.5. The monoisotopic (exact) mass is 1530 g/mol. The summed E-state index contributed by atoms with van der Waals surface area (Å²) in [5, 5.41) is 39.3. The molecule has 6 aromatic carbocycles. The number of Topliss-reactive ketones (excluding diaryl/α,β-unsaturated/α-hetero) is 1. The number of aliphatic hydroxyl groups is 2. The zero-order valence-corrected chi connectivity index (χ0v) is 63.2. The number of aliphatic hydroxyl groups excluding tert-OH is 2. The Morgan fingerprint density at radius 2 is 1.02 bits per heavy atom. The number of benzene rings is 6. The summed E-state index contributed by atoms with van der Waals surface area (Å²) >= 11 is 0. The van der Waals surface area contributed by atoms with Crippen molar-refractivity contribution in [2.24, 2.45) is 0 Å². The van der Waals surface area contributed by atoms with Crippen molar-refractivity contribution in [3.63, 3.8) is 0 Å². The number of H-pyrrole nitrogens is 3. The molecule has 113 heavy (non-hydrogen) atoms. The zero-order valence-electron chi connectivity index (χ0n) is 63.2. The highest BCUT2D eigenvalue weighted by Gasteiger charge is 2.41. The van der Waals surface area contributed by atoms with E-state index in [1.807, 2.05) is 103 Å². The van der Waals surface area contributed by atoms with Crippen molar-refractivity contribution in [3.8, 4) is 33.5 Å². The third-order valence-corrected chi connectivity index (χ3v) is 21.2. The molecule has 0 bridgehead atoms. The maximum Gasteiger partial charge on any atom is 0.330 e. The van der Waals surface area contributed by atoms with Crippen molar-refractivity contribution in [1.82, 2.24) is 68.9 Å². The maximum absolute atomic E-state index is 12.9. The molecule has 2 saturated heterocycles. The van der Waals surface area contributed by atoms with Gasteiger partial charge < -0.3 is 29.9 Å². The number of carbonyl (C=O) groups excluding carboxylic acids is 3. The fraction of sp³-hybridized carbons (Fsp3) is 0.314. The van der Waals surface area contributed by atoms with Crippen molar-refractivity contribution in [1.29, 1.82) is 0 Å². The Labute approximate surface area is 649 Å². The fourth-order valence-electron chi connectivity index (χ4n) is 15.2. The summed E-state index contributed by atoms with van der Waals surface area (Å²) in [6, 6.07) is 52.8. The topological polar surface area (TPSA) is 351 Å². The van der Waals surface area contributed by atoms with Crippen molar-refractivity contribution < 1.29 is 34.1 Å². The molecule has 582 valence electrons. The van der Waals surface area contributed by atoms with Crippen molar-refractivity contribution in [2.45, 2.75) is 147 Å². The molecule has 27 heteroatoms. The lowest BCUT2D eigenvalue weighted by atomic mass is 9.91. The standard InChI is InChI=1S/C25H27NO2.C23H21N3O3.C20H23N5O4.C18H19N5O4/c1-18-17-26(25(28)16-24(18)27)15-9-3-2-4-10-19-20-11-5-7-13-22(20)23-14-8-6-12-21(19)23;1-15-14-26(23(29)25-21(15)27)13-7-6-12-24-22(28)20-18-10-4-2-8-16(18)17-9-3-5-11-19(17)20;1-13-10-24(20(28)21-19(13)27)18-9-16(17(12-26)29-18)25-11-15(22-23-25)8-7-14-5-3-2-4-6-14;1-11-8-22(18(26)19-17(11)25)16-7-14(15(10-24)27-16)23-9-13(20-21-23)12-5-3-2-4-6-12/h5-8,11-14,17,19H,2-4,9-10,15-16H2,1H3;2-11,14,20H,12-13H2,1H3,(H,24,28)(H,25,27,29);2-6,10-11,16-18,26H,7-9,12H2,1H3,(H,21,27,28);2-6,8-9,14-16,24H,7,10H2,1H3,(H,19,25,26)/b;7-6-;;/t;;16-,17+,18?;14-,15+,16?/m..00/s1. The van der Waals surface area contributed by atoms with E-state index in [0.29, 0.717) is 59.8 Å². The van der Waals surface area contributed by atoms with Crippen molar-refractivity contribution in [2.75, 3.05) is 26.3 Å². The summed E-state index contributed by atoms with van der Waals surface area (Å²) in [4.78, 5) is 116. The summed E-state index contributed by atoms with van der Waals surface area (Å²) in [5.74, 6) is 0.0326. The summed E-state index contributed by atoms with van der Waals surface area (Å²) in [5.41, 5.74) is 12.9. The quantitative estimate of drug-likeness (QED) is 0.0209. The van der Waals surface area contributed by atoms with E-state index in [0.717, 1.165) is 65.7 Å². The van der Waals surface area contributed by atoms with E-state index in [1.54, 1.807) is 66.5 Å². The van der Waals surface area contributed by atoms with E-state index < -0.39 is 52.9 Å². The van der Waals surface area contributed by atoms with Crippen LogP contribution in [0.15, 0.2) is 241 Å². The molecule has 11 aromatic rings. The molecular weight excluding hydrogens is 1440 g/mol. The number of amides is 2. The number of nitrogens with zero attached hydrogens (tertiary/aromatic N) is 10. The predicted octanol–water partition coefficient (Wildman–Crippen LogP) is 9.15. The number of hydrogen-bond acceptors (Lipinski definition) is 17. The molecule has 6 atom stereocenters. The second kappa shape index (κ2) is 36.2. The van der Waals surface area contributed by atoms with Crippen LogP contribution in [0, 0.1) is 20.8 Å². The second-order valence-electron chi connectivity index (χ2n) is 28.8. The number of allylic oxidation sites excluding steroid dienone is 2. The van der Waals surface area contributed by atoms with Gasteiger partial charge in [0.1, 0.15) is 30.4 Å². The molecule has 0 saturated carbocycles. The molecular formula is C86H90N14O13. The number of aryl methyl sites for hydroxylation is 5. The number of ketones is 1. The molecule has 0 spiro atoms. The Kier molecular flexibility index (Phi) is 25.2. The lowest BCUT2D eigenvalue weighted by molar-refractivity contribution is -0.133. The van der Waals surface area contributed by atoms with Gasteiger partial charge in [0.05, 0.1) is 49.5 Å². The minimum atomic E-state index is -0.612. The van der Waals surface area contributed by atoms with Crippen LogP contribution < -0.4 is 39.1 Å². The van der Waals surface area contributed by atoms with Crippen LogP contribution >= 0.6 is 0 Å². The van der Waals surface area contributed by atoms with Crippen LogP contribution in [-0.2, 0) is 43.2 Å². The number of unbranched alkanes of at least 4 members (excludes halogenated alkanes) is 3. The van der Waals surface area contributed by atoms with E-state index in [2.05, 4.69) is 102 Å². The highest BCUT2D eigenvalue weighted by Crippen LogP contribution is 2.48. The predicted molar refractivity (Wildman–Crippen MR) is 425 cm³/mol. The number of hydrogen-bond donors (Lipinski definition) is 6. The number of nitrogens with one attached hydrogen (secondary N) is 4. The largest absolute Gasteiger partial charge is 0.394 e. The molecule has 2 fully saturated rings. The molecule has 8 heterocycles. The summed E-state index contributed by atoms with van der Waals surface area (Å²) in [7, 11) is 0. The third kappa shape index (κ3) is 18.3. The minimum absolute atomic E-state index is 0.0306. The Morgan fingerprint density at radius 3 is 1.58 bits per heavy atom. The van der Waals surface area contributed by atoms with Crippen LogP contribution in [0.2, 0.25) is 0 Å². The second-order valence-corrected chi connectivity index (χ2v) is 28.8. The fourth-order valence-corrected chi connectivity index (χ4v) is 15.2. The molecule has 0 radical (unpaired) electrons. The Balaban J connectivity index is 0.000000132. The molecule has 3 aliphatic heterocycles. The first-order valence-corrected chi connectivity index (χ1v) is 38.0. The van der Waals surface area contributed by atoms with E-state index in [-0.39, 0.29) is 60.8 Å². The van der Waals surface area contributed by atoms with Crippen LogP contribution in [0.4, 0.5) is 0 Å². The van der Waals surface area contributed by atoms with Gasteiger partial charge in [-0.05, 0) is 103 Å². The maximum atomic E-state index is 12.9. The van der Waals surface area contributed by atoms with Gasteiger partial charge in [0.15, 0.2) is 5.78 Å². The van der Waals surface area contributed by atoms with Gasteiger partial charge in [-0.2, -0.15) is 0 Å². The number of ether oxygens (including phenoxy) is 2. The van der Waals surface area contributed by atoms with E-state index in [9.17, 15) is 53.4 Å². The van der Waals surface area contributed by atoms with E-state index in [4.69, 9.17) is 9.47 Å². The highest BCUT2D eigenvalue weighted by molar-refractivity contribution is 6.09. The van der Waals surface area contributed by atoms with Gasteiger partial charge in [0, 0.05) is 97.2 Å². The third-order valence-electron chi connectivity index (χ3n) is 21.2. The van der Waals surface area contributed by atoms with E-state index >= 15 is 0 Å². The molecule has 6 N–H and O–H groups in total. The van der Waals surface area contributed by atoms with Gasteiger partial charge in [-0.3, -0.25) is 57.4 Å². The Hall–Kier alpha value is -12.4. The first kappa shape index (κ1) is 78.7. The van der Waals surface area contributed by atoms with Gasteiger partial charge in [-0.1, -0.05) is 200 Å². The summed E-state index contributed by atoms with van der Waals surface area (Å²) in [6.07, 6.45) is 19.3. The molecule has 2 unspecified atom stereocenters. The average Bonchev–Trinajstić information content (AvgIpc) is 1.62. The van der Waals surface area contributed by atoms with Crippen LogP contribution in [0.25, 0.3) is 33.5 Å². The van der Waals surface area contributed by atoms with Gasteiger partial charge in [0.2, 0.25) is 11.8 Å². The van der Waals surface area contributed by atoms with Gasteiger partial charge >= 0.3 is 17.1 Å². The van der Waals surface area contributed by atoms with Crippen LogP contribution in [0.5, 0.6) is 0 Å². The molecule has 5 aliphatic rings. The Morgan fingerprint density at radius 1 is 0.531 bits per heavy atom. The molecule has 16 rings (SSSR count). The number of fused-ring (bicyclic) bond motifs is 6. The van der Waals surface area contributed by atoms with Crippen molar-refractivity contribution in [3.05, 3.63) is 325 Å². The first-order valence-electron chi connectivity index (χ1n) is 38.0. The number of aromatic amines is 3. The summed E-state index contributed by atoms with van der Waals surface area (Å²) < 4.78 is 19.2. The van der Waals surface area contributed by atoms with Gasteiger partial charge in [-0.25, -0.2) is 23.7 Å². The number of rotatable bonds is 22. The van der Waals surface area contributed by atoms with Crippen LogP contribution in [0.3, 0.4) is 0 Å². The average molecular weight is 1530 g/mol. The van der Waals surface area contributed by atoms with Gasteiger partial charge in [0.25, 0.3) is 16.7 Å². The SMILES string of the molecule is CC1=CN(CCCCCCC2c3ccccc3-c3ccccc32)C(=O)CC1=O.Cc1cn(C/C=C\CNC(=O)C2c3ccccc3-c3ccccc32)c(=O)[nH]c1=O.Cc1cn(C2C[C@H](n3cc(-c4ccccc4)nn3)[C@@H](CO)O2)c(=O)[nH]c1=O.Cc1cn(C2C[C@H](n3cc(CCc4ccccc4)nn3)[C@@H](CO)O2)c(=O)[nH]c1=O. The molecule has 5 aromatic heterocycles. The number of aromatic nitrogens is 12. The van der Waals surface area contributed by atoms with Crippen LogP contribution in [0.1, 0.15) is 145 Å². The molecule has 2 aliphatic carbocycles. The van der Waals surface area contributed by atoms with Gasteiger partial charge in [-0.15, -0.1) is 10.2 Å². The molecule has 2 amide bonds. The zero-order chi connectivity index (χ0) is 79.2. The van der Waals surface area contributed by atoms with E-state index in [1.165, 1.54) is 79.4 Å². The normalized spacial score (nSPS) is 18.1. The molecule has 27 nitrogen and oxygen atoms in total. The first-order chi connectivity index (χ1) is 54.8. The number of carbonyl (C=O) groups is 3. The lowest BCUT2D eigenvalue weighted by Crippen LogP contribution is -2.33. The lowest BCUT2D eigenvalue weighted by Gasteiger charge is -2.23. The van der Waals surface area contributed by atoms with Crippen LogP contribution in [-0.4, -0.2) is 130 Å². The van der Waals surface area contributed by atoms with Crippen molar-refractivity contribution >= 4 is 17.6 Å². The minimum Gasteiger partial charge on any atom is -0.394 e. The Bertz CT molecular complexity index is 5590.